The van der Waals surface area contributed by atoms with Crippen molar-refractivity contribution in [1.29, 1.82) is 0 Å². The van der Waals surface area contributed by atoms with Crippen LogP contribution in [0.3, 0.4) is 0 Å². The molecule has 1 aliphatic carbocycles. The molecule has 0 radical (unpaired) electrons. The van der Waals surface area contributed by atoms with Crippen molar-refractivity contribution in [3.05, 3.63) is 22.2 Å². The average molecular weight is 246 g/mol. The van der Waals surface area contributed by atoms with Crippen LogP contribution >= 0.6 is 23.2 Å². The van der Waals surface area contributed by atoms with Crippen molar-refractivity contribution in [1.82, 2.24) is 9.97 Å². The lowest BCUT2D eigenvalue weighted by Gasteiger charge is -2.31. The second-order valence-electron chi connectivity index (χ2n) is 4.63. The number of rotatable bonds is 2. The molecule has 1 saturated carbocycles. The molecule has 0 aliphatic heterocycles. The van der Waals surface area contributed by atoms with Crippen molar-refractivity contribution in [2.45, 2.75) is 37.6 Å². The fraction of sp³-hybridized carbons (Fsp3) is 0.600. The third kappa shape index (κ3) is 1.63. The summed E-state index contributed by atoms with van der Waals surface area (Å²) in [6, 6.07) is 0. The molecule has 0 aromatic carbocycles. The summed E-state index contributed by atoms with van der Waals surface area (Å²) in [6.07, 6.45) is 3.35. The van der Waals surface area contributed by atoms with Gasteiger partial charge in [-0.2, -0.15) is 0 Å². The van der Waals surface area contributed by atoms with Crippen molar-refractivity contribution in [3.63, 3.8) is 0 Å². The molecule has 0 atom stereocenters. The molecule has 15 heavy (non-hydrogen) atoms. The number of halogens is 2. The largest absolute Gasteiger partial charge is 0.325 e. The van der Waals surface area contributed by atoms with E-state index < -0.39 is 0 Å². The third-order valence-corrected chi connectivity index (χ3v) is 3.79. The van der Waals surface area contributed by atoms with E-state index in [0.29, 0.717) is 10.3 Å². The van der Waals surface area contributed by atoms with Crippen LogP contribution in [0.15, 0.2) is 6.33 Å². The Morgan fingerprint density at radius 3 is 2.07 bits per heavy atom. The summed E-state index contributed by atoms with van der Waals surface area (Å²) < 4.78 is 0. The zero-order valence-corrected chi connectivity index (χ0v) is 10.2. The van der Waals surface area contributed by atoms with Crippen LogP contribution < -0.4 is 5.73 Å². The topological polar surface area (TPSA) is 51.8 Å². The minimum absolute atomic E-state index is 0.150. The van der Waals surface area contributed by atoms with Gasteiger partial charge in [-0.15, -0.1) is 0 Å². The van der Waals surface area contributed by atoms with E-state index in [-0.39, 0.29) is 11.0 Å². The summed E-state index contributed by atoms with van der Waals surface area (Å²) >= 11 is 12.1. The fourth-order valence-corrected chi connectivity index (χ4v) is 2.76. The Bertz CT molecular complexity index is 374. The SMILES string of the molecule is CC(C)(N)C1(c2c(Cl)ncnc2Cl)CC1. The van der Waals surface area contributed by atoms with Crippen LogP contribution in [0.25, 0.3) is 0 Å². The van der Waals surface area contributed by atoms with E-state index in [9.17, 15) is 0 Å². The highest BCUT2D eigenvalue weighted by Crippen LogP contribution is 2.57. The molecule has 0 spiro atoms. The Kier molecular flexibility index (Phi) is 2.45. The van der Waals surface area contributed by atoms with Gasteiger partial charge in [0.2, 0.25) is 0 Å². The first-order valence-corrected chi connectivity index (χ1v) is 5.59. The molecule has 1 fully saturated rings. The van der Waals surface area contributed by atoms with Gasteiger partial charge in [0.25, 0.3) is 0 Å². The van der Waals surface area contributed by atoms with Gasteiger partial charge >= 0.3 is 0 Å². The molecule has 5 heteroatoms. The highest BCUT2D eigenvalue weighted by atomic mass is 35.5. The van der Waals surface area contributed by atoms with Gasteiger partial charge in [-0.05, 0) is 26.7 Å². The van der Waals surface area contributed by atoms with Gasteiger partial charge in [-0.25, -0.2) is 9.97 Å². The molecule has 2 rings (SSSR count). The number of hydrogen-bond donors (Lipinski definition) is 1. The molecule has 82 valence electrons. The van der Waals surface area contributed by atoms with Crippen LogP contribution in [0.1, 0.15) is 32.3 Å². The summed E-state index contributed by atoms with van der Waals surface area (Å²) in [4.78, 5) is 7.95. The maximum atomic E-state index is 6.17. The summed E-state index contributed by atoms with van der Waals surface area (Å²) in [6.45, 7) is 3.97. The van der Waals surface area contributed by atoms with Crippen LogP contribution in [0.2, 0.25) is 10.3 Å². The second kappa shape index (κ2) is 3.30. The lowest BCUT2D eigenvalue weighted by atomic mass is 9.80. The molecule has 1 aromatic rings. The van der Waals surface area contributed by atoms with Gasteiger partial charge in [0.15, 0.2) is 0 Å². The van der Waals surface area contributed by atoms with E-state index in [1.807, 2.05) is 13.8 Å². The van der Waals surface area contributed by atoms with Gasteiger partial charge in [0, 0.05) is 16.5 Å². The normalized spacial score (nSPS) is 19.0. The Morgan fingerprint density at radius 2 is 1.73 bits per heavy atom. The fourth-order valence-electron chi connectivity index (χ4n) is 2.08. The monoisotopic (exact) mass is 245 g/mol. The number of nitrogens with zero attached hydrogens (tertiary/aromatic N) is 2. The van der Waals surface area contributed by atoms with E-state index in [1.165, 1.54) is 6.33 Å². The molecular weight excluding hydrogens is 233 g/mol. The van der Waals surface area contributed by atoms with Gasteiger partial charge in [-0.3, -0.25) is 0 Å². The summed E-state index contributed by atoms with van der Waals surface area (Å²) in [7, 11) is 0. The molecule has 3 nitrogen and oxygen atoms in total. The van der Waals surface area contributed by atoms with Crippen molar-refractivity contribution in [2.24, 2.45) is 5.73 Å². The van der Waals surface area contributed by atoms with Gasteiger partial charge in [-0.1, -0.05) is 23.2 Å². The number of aromatic nitrogens is 2. The van der Waals surface area contributed by atoms with E-state index in [1.54, 1.807) is 0 Å². The summed E-state index contributed by atoms with van der Waals surface area (Å²) in [5.41, 5.74) is 6.47. The Hall–Kier alpha value is -0.380. The first-order valence-electron chi connectivity index (χ1n) is 4.84. The number of hydrogen-bond acceptors (Lipinski definition) is 3. The van der Waals surface area contributed by atoms with Crippen LogP contribution in [-0.2, 0) is 5.41 Å². The third-order valence-electron chi connectivity index (χ3n) is 3.22. The molecule has 0 unspecified atom stereocenters. The summed E-state index contributed by atoms with van der Waals surface area (Å²) in [5, 5.41) is 0.844. The van der Waals surface area contributed by atoms with Crippen LogP contribution in [0.5, 0.6) is 0 Å². The standard InChI is InChI=1S/C10H13Cl2N3/c1-9(2,13)10(3-4-10)6-7(11)14-5-15-8(6)12/h5H,3-4,13H2,1-2H3. The molecule has 1 aromatic heterocycles. The van der Waals surface area contributed by atoms with E-state index in [0.717, 1.165) is 18.4 Å². The quantitative estimate of drug-likeness (QED) is 0.816. The second-order valence-corrected chi connectivity index (χ2v) is 5.35. The van der Waals surface area contributed by atoms with Crippen molar-refractivity contribution in [2.75, 3.05) is 0 Å². The van der Waals surface area contributed by atoms with Crippen molar-refractivity contribution >= 4 is 23.2 Å². The maximum absolute atomic E-state index is 6.17. The van der Waals surface area contributed by atoms with E-state index in [2.05, 4.69) is 9.97 Å². The smallest absolute Gasteiger partial charge is 0.137 e. The molecule has 1 heterocycles. The van der Waals surface area contributed by atoms with Gasteiger partial charge < -0.3 is 5.73 Å². The molecule has 0 bridgehead atoms. The van der Waals surface area contributed by atoms with Crippen LogP contribution in [0, 0.1) is 0 Å². The van der Waals surface area contributed by atoms with Crippen molar-refractivity contribution < 1.29 is 0 Å². The van der Waals surface area contributed by atoms with Crippen LogP contribution in [0.4, 0.5) is 0 Å². The molecule has 0 amide bonds. The van der Waals surface area contributed by atoms with Crippen molar-refractivity contribution in [3.8, 4) is 0 Å². The van der Waals surface area contributed by atoms with Crippen LogP contribution in [-0.4, -0.2) is 15.5 Å². The zero-order chi connectivity index (χ0) is 11.3. The van der Waals surface area contributed by atoms with Gasteiger partial charge in [0.05, 0.1) is 0 Å². The van der Waals surface area contributed by atoms with E-state index in [4.69, 9.17) is 28.9 Å². The molecule has 1 aliphatic rings. The minimum Gasteiger partial charge on any atom is -0.325 e. The molecular formula is C10H13Cl2N3. The van der Waals surface area contributed by atoms with Gasteiger partial charge in [0.1, 0.15) is 16.6 Å². The van der Waals surface area contributed by atoms with E-state index >= 15 is 0 Å². The Morgan fingerprint density at radius 1 is 1.27 bits per heavy atom. The lowest BCUT2D eigenvalue weighted by molar-refractivity contribution is 0.390. The highest BCUT2D eigenvalue weighted by molar-refractivity contribution is 6.34. The first kappa shape index (κ1) is 11.1. The molecule has 0 saturated heterocycles. The lowest BCUT2D eigenvalue weighted by Crippen LogP contribution is -2.45. The minimum atomic E-state index is -0.356. The maximum Gasteiger partial charge on any atom is 0.137 e. The first-order chi connectivity index (χ1) is 6.88. The highest BCUT2D eigenvalue weighted by Gasteiger charge is 2.56. The average Bonchev–Trinajstić information content (AvgIpc) is 2.83. The predicted octanol–water partition coefficient (Wildman–Crippen LogP) is 2.55. The predicted molar refractivity (Wildman–Crippen MR) is 61.2 cm³/mol. The number of nitrogens with two attached hydrogens (primary N) is 1. The zero-order valence-electron chi connectivity index (χ0n) is 8.72. The Labute approximate surface area is 99.0 Å². The summed E-state index contributed by atoms with van der Waals surface area (Å²) in [5.74, 6) is 0. The molecule has 2 N–H and O–H groups in total. The Balaban J connectivity index is 2.56.